The first-order valence-corrected chi connectivity index (χ1v) is 4.36. The van der Waals surface area contributed by atoms with E-state index in [9.17, 15) is 18.0 Å². The lowest BCUT2D eigenvalue weighted by molar-refractivity contribution is -0.150. The van der Waals surface area contributed by atoms with Crippen LogP contribution in [0.1, 0.15) is 19.8 Å². The zero-order valence-corrected chi connectivity index (χ0v) is 8.30. The molecule has 0 fully saturated rings. The summed E-state index contributed by atoms with van der Waals surface area (Å²) in [4.78, 5) is 10.7. The molecule has 3 nitrogen and oxygen atoms in total. The number of ether oxygens (including phenoxy) is 1. The first-order valence-electron chi connectivity index (χ1n) is 4.36. The predicted octanol–water partition coefficient (Wildman–Crippen LogP) is 1.81. The van der Waals surface area contributed by atoms with E-state index in [0.717, 1.165) is 0 Å². The van der Waals surface area contributed by atoms with E-state index in [0.29, 0.717) is 12.8 Å². The van der Waals surface area contributed by atoms with Crippen LogP contribution in [0, 0.1) is 0 Å². The minimum absolute atomic E-state index is 0.154. The first-order chi connectivity index (χ1) is 6.75. The van der Waals surface area contributed by atoms with Crippen LogP contribution in [0.2, 0.25) is 0 Å². The van der Waals surface area contributed by atoms with E-state index in [1.165, 1.54) is 6.92 Å². The van der Waals surface area contributed by atoms with Gasteiger partial charge in [0.25, 0.3) is 0 Å². The zero-order valence-electron chi connectivity index (χ0n) is 8.30. The van der Waals surface area contributed by atoms with Gasteiger partial charge in [0.1, 0.15) is 5.57 Å². The number of carbonyl (C=O) groups is 1. The number of aliphatic hydroxyl groups is 1. The van der Waals surface area contributed by atoms with Crippen molar-refractivity contribution in [2.24, 2.45) is 0 Å². The molecule has 0 aliphatic carbocycles. The molecule has 15 heavy (non-hydrogen) atoms. The number of halogens is 3. The summed E-state index contributed by atoms with van der Waals surface area (Å²) in [5.41, 5.74) is -1.51. The van der Waals surface area contributed by atoms with E-state index < -0.39 is 23.8 Å². The van der Waals surface area contributed by atoms with Crippen LogP contribution in [0.5, 0.6) is 0 Å². The number of carbonyl (C=O) groups excluding carboxylic acids is 1. The summed E-state index contributed by atoms with van der Waals surface area (Å²) in [5.74, 6) is -1.46. The molecule has 0 heterocycles. The fraction of sp³-hybridized carbons (Fsp3) is 0.667. The molecule has 0 bridgehead atoms. The Morgan fingerprint density at radius 1 is 1.53 bits per heavy atom. The second kappa shape index (κ2) is 5.75. The number of rotatable bonds is 5. The molecule has 88 valence electrons. The Morgan fingerprint density at radius 3 is 2.47 bits per heavy atom. The average molecular weight is 226 g/mol. The molecule has 0 aliphatic heterocycles. The third kappa shape index (κ3) is 6.11. The van der Waals surface area contributed by atoms with Gasteiger partial charge in [-0.25, -0.2) is 4.79 Å². The molecule has 0 aliphatic rings. The van der Waals surface area contributed by atoms with Crippen molar-refractivity contribution in [2.75, 3.05) is 6.61 Å². The highest BCUT2D eigenvalue weighted by Gasteiger charge is 2.37. The lowest BCUT2D eigenvalue weighted by Gasteiger charge is -2.10. The van der Waals surface area contributed by atoms with Crippen LogP contribution in [0.3, 0.4) is 0 Å². The molecular formula is C9H13F3O3. The summed E-state index contributed by atoms with van der Waals surface area (Å²) in [6, 6.07) is 0. The Labute approximate surface area is 85.5 Å². The van der Waals surface area contributed by atoms with E-state index in [2.05, 4.69) is 11.3 Å². The van der Waals surface area contributed by atoms with Gasteiger partial charge in [-0.15, -0.1) is 0 Å². The normalized spacial score (nSPS) is 13.4. The van der Waals surface area contributed by atoms with Crippen molar-refractivity contribution in [3.63, 3.8) is 0 Å². The molecule has 0 radical (unpaired) electrons. The van der Waals surface area contributed by atoms with Crippen molar-refractivity contribution in [1.82, 2.24) is 0 Å². The van der Waals surface area contributed by atoms with Crippen LogP contribution in [0.25, 0.3) is 0 Å². The van der Waals surface area contributed by atoms with Crippen molar-refractivity contribution in [3.8, 4) is 0 Å². The van der Waals surface area contributed by atoms with E-state index in [4.69, 9.17) is 5.11 Å². The van der Waals surface area contributed by atoms with Gasteiger partial charge < -0.3 is 9.84 Å². The molecule has 6 heteroatoms. The third-order valence-corrected chi connectivity index (χ3v) is 1.59. The van der Waals surface area contributed by atoms with Crippen LogP contribution >= 0.6 is 0 Å². The van der Waals surface area contributed by atoms with Gasteiger partial charge >= 0.3 is 12.1 Å². The monoisotopic (exact) mass is 226 g/mol. The van der Waals surface area contributed by atoms with Gasteiger partial charge in [0, 0.05) is 0 Å². The topological polar surface area (TPSA) is 46.5 Å². The summed E-state index contributed by atoms with van der Waals surface area (Å²) in [7, 11) is 0. The average Bonchev–Trinajstić information content (AvgIpc) is 2.09. The van der Waals surface area contributed by atoms with Crippen LogP contribution in [-0.2, 0) is 9.53 Å². The van der Waals surface area contributed by atoms with Crippen molar-refractivity contribution in [2.45, 2.75) is 32.0 Å². The minimum atomic E-state index is -4.75. The van der Waals surface area contributed by atoms with E-state index in [1.54, 1.807) is 0 Å². The van der Waals surface area contributed by atoms with Crippen molar-refractivity contribution < 1.29 is 27.8 Å². The maximum Gasteiger partial charge on any atom is 0.422 e. The SMILES string of the molecule is C=C(C(=O)OCCCC(C)O)C(F)(F)F. The standard InChI is InChI=1S/C9H13F3O3/c1-6(13)4-3-5-15-8(14)7(2)9(10,11)12/h6,13H,2-5H2,1H3. The smallest absolute Gasteiger partial charge is 0.422 e. The maximum atomic E-state index is 11.9. The lowest BCUT2D eigenvalue weighted by atomic mass is 10.2. The highest BCUT2D eigenvalue weighted by atomic mass is 19.4. The summed E-state index contributed by atoms with van der Waals surface area (Å²) in [6.07, 6.45) is -4.63. The predicted molar refractivity (Wildman–Crippen MR) is 47.1 cm³/mol. The Balaban J connectivity index is 3.81. The Hall–Kier alpha value is -1.04. The van der Waals surface area contributed by atoms with Gasteiger partial charge in [0.15, 0.2) is 0 Å². The van der Waals surface area contributed by atoms with Gasteiger partial charge in [-0.05, 0) is 19.8 Å². The number of alkyl halides is 3. The number of hydrogen-bond donors (Lipinski definition) is 1. The van der Waals surface area contributed by atoms with Crippen LogP contribution < -0.4 is 0 Å². The molecule has 0 aromatic carbocycles. The molecule has 0 saturated carbocycles. The van der Waals surface area contributed by atoms with Crippen molar-refractivity contribution >= 4 is 5.97 Å². The van der Waals surface area contributed by atoms with Crippen LogP contribution in [0.4, 0.5) is 13.2 Å². The molecule has 1 atom stereocenters. The minimum Gasteiger partial charge on any atom is -0.462 e. The fourth-order valence-corrected chi connectivity index (χ4v) is 0.746. The third-order valence-electron chi connectivity index (χ3n) is 1.59. The van der Waals surface area contributed by atoms with Gasteiger partial charge in [-0.3, -0.25) is 0 Å². The van der Waals surface area contributed by atoms with Gasteiger partial charge in [-0.1, -0.05) is 6.58 Å². The number of hydrogen-bond acceptors (Lipinski definition) is 3. The van der Waals surface area contributed by atoms with Gasteiger partial charge in [0.2, 0.25) is 0 Å². The Kier molecular flexibility index (Phi) is 5.35. The Morgan fingerprint density at radius 2 is 2.07 bits per heavy atom. The summed E-state index contributed by atoms with van der Waals surface area (Å²) in [5, 5.41) is 8.82. The molecule has 0 spiro atoms. The number of aliphatic hydroxyl groups excluding tert-OH is 1. The molecule has 0 amide bonds. The molecule has 1 unspecified atom stereocenters. The zero-order chi connectivity index (χ0) is 12.1. The largest absolute Gasteiger partial charge is 0.462 e. The molecule has 1 N–H and O–H groups in total. The van der Waals surface area contributed by atoms with Crippen LogP contribution in [-0.4, -0.2) is 30.0 Å². The van der Waals surface area contributed by atoms with E-state index >= 15 is 0 Å². The molecule has 0 rings (SSSR count). The van der Waals surface area contributed by atoms with E-state index in [-0.39, 0.29) is 6.61 Å². The van der Waals surface area contributed by atoms with Gasteiger partial charge in [-0.2, -0.15) is 13.2 Å². The van der Waals surface area contributed by atoms with Crippen molar-refractivity contribution in [3.05, 3.63) is 12.2 Å². The maximum absolute atomic E-state index is 11.9. The highest BCUT2D eigenvalue weighted by Crippen LogP contribution is 2.24. The second-order valence-corrected chi connectivity index (χ2v) is 3.10. The highest BCUT2D eigenvalue weighted by molar-refractivity contribution is 5.89. The summed E-state index contributed by atoms with van der Waals surface area (Å²) < 4.78 is 40.0. The van der Waals surface area contributed by atoms with Crippen molar-refractivity contribution in [1.29, 1.82) is 0 Å². The molecule has 0 aromatic heterocycles. The Bertz CT molecular complexity index is 233. The molecular weight excluding hydrogens is 213 g/mol. The quantitative estimate of drug-likeness (QED) is 0.442. The molecule has 0 saturated heterocycles. The second-order valence-electron chi connectivity index (χ2n) is 3.10. The fourth-order valence-electron chi connectivity index (χ4n) is 0.746. The number of esters is 1. The van der Waals surface area contributed by atoms with E-state index in [1.807, 2.05) is 0 Å². The molecule has 0 aromatic rings. The van der Waals surface area contributed by atoms with Gasteiger partial charge in [0.05, 0.1) is 12.7 Å². The lowest BCUT2D eigenvalue weighted by Crippen LogP contribution is -2.21. The summed E-state index contributed by atoms with van der Waals surface area (Å²) in [6.45, 7) is 3.98. The summed E-state index contributed by atoms with van der Waals surface area (Å²) >= 11 is 0. The van der Waals surface area contributed by atoms with Crippen LogP contribution in [0.15, 0.2) is 12.2 Å². The first kappa shape index (κ1) is 14.0.